The first-order valence-corrected chi connectivity index (χ1v) is 10.7. The lowest BCUT2D eigenvalue weighted by Gasteiger charge is -2.26. The zero-order valence-corrected chi connectivity index (χ0v) is 18.4. The molecule has 2 aromatic heterocycles. The summed E-state index contributed by atoms with van der Waals surface area (Å²) in [4.78, 5) is 22.9. The molecule has 0 spiro atoms. The van der Waals surface area contributed by atoms with Gasteiger partial charge in [-0.05, 0) is 24.3 Å². The van der Waals surface area contributed by atoms with Crippen LogP contribution in [0.15, 0.2) is 47.2 Å². The van der Waals surface area contributed by atoms with Crippen molar-refractivity contribution in [3.05, 3.63) is 52.8 Å². The summed E-state index contributed by atoms with van der Waals surface area (Å²) in [6, 6.07) is 11.8. The summed E-state index contributed by atoms with van der Waals surface area (Å²) in [5, 5.41) is 16.9. The average Bonchev–Trinajstić information content (AvgIpc) is 2.80. The Hall–Kier alpha value is -3.22. The molecule has 0 atom stereocenters. The van der Waals surface area contributed by atoms with Gasteiger partial charge in [0.25, 0.3) is 0 Å². The molecule has 3 heterocycles. The van der Waals surface area contributed by atoms with Gasteiger partial charge in [-0.1, -0.05) is 22.0 Å². The van der Waals surface area contributed by atoms with Gasteiger partial charge in [-0.25, -0.2) is 4.98 Å². The van der Waals surface area contributed by atoms with Crippen molar-refractivity contribution >= 4 is 49.9 Å². The Kier molecular flexibility index (Phi) is 6.60. The summed E-state index contributed by atoms with van der Waals surface area (Å²) in [5.74, 6) is 0.721. The fraction of sp³-hybridized carbons (Fsp3) is 0.273. The number of morpholine rings is 1. The molecule has 1 saturated heterocycles. The first kappa shape index (κ1) is 21.0. The van der Waals surface area contributed by atoms with E-state index in [1.807, 2.05) is 35.2 Å². The Bertz CT molecular complexity index is 1140. The van der Waals surface area contributed by atoms with Crippen LogP contribution in [0.2, 0.25) is 0 Å². The number of rotatable bonds is 6. The number of nitrogens with one attached hydrogen (secondary N) is 2. The highest BCUT2D eigenvalue weighted by Gasteiger charge is 2.16. The molecular formula is C22H21BrN6O2. The van der Waals surface area contributed by atoms with E-state index < -0.39 is 0 Å². The van der Waals surface area contributed by atoms with Crippen molar-refractivity contribution in [2.75, 3.05) is 43.5 Å². The minimum absolute atomic E-state index is 0.0991. The molecule has 2 N–H and O–H groups in total. The Balaban J connectivity index is 1.53. The summed E-state index contributed by atoms with van der Waals surface area (Å²) >= 11 is 3.47. The fourth-order valence-electron chi connectivity index (χ4n) is 3.39. The molecule has 1 aliphatic heterocycles. The van der Waals surface area contributed by atoms with E-state index in [2.05, 4.69) is 42.6 Å². The number of nitriles is 1. The van der Waals surface area contributed by atoms with Gasteiger partial charge in [-0.2, -0.15) is 5.26 Å². The largest absolute Gasteiger partial charge is 0.378 e. The fourth-order valence-corrected chi connectivity index (χ4v) is 3.79. The van der Waals surface area contributed by atoms with E-state index in [0.29, 0.717) is 61.9 Å². The number of anilines is 3. The molecule has 4 rings (SSSR count). The van der Waals surface area contributed by atoms with Crippen molar-refractivity contribution in [3.63, 3.8) is 0 Å². The molecule has 8 nitrogen and oxygen atoms in total. The second-order valence-electron chi connectivity index (χ2n) is 7.05. The van der Waals surface area contributed by atoms with Crippen LogP contribution in [0.3, 0.4) is 0 Å². The molecule has 158 valence electrons. The Morgan fingerprint density at radius 1 is 1.23 bits per heavy atom. The topological polar surface area (TPSA) is 103 Å². The van der Waals surface area contributed by atoms with Gasteiger partial charge in [0.05, 0.1) is 36.2 Å². The Morgan fingerprint density at radius 3 is 2.84 bits per heavy atom. The highest BCUT2D eigenvalue weighted by Crippen LogP contribution is 2.30. The molecule has 1 fully saturated rings. The number of pyridine rings is 2. The summed E-state index contributed by atoms with van der Waals surface area (Å²) in [7, 11) is 0. The van der Waals surface area contributed by atoms with Gasteiger partial charge in [0, 0.05) is 47.8 Å². The Morgan fingerprint density at radius 2 is 2.06 bits per heavy atom. The van der Waals surface area contributed by atoms with Crippen LogP contribution in [0.4, 0.5) is 17.2 Å². The first-order chi connectivity index (χ1) is 15.1. The SMILES string of the molecule is N#Cc1cnc2cnc(NCCC(=O)N3CCOCC3)cc2c1Nc1cccc(Br)c1. The second kappa shape index (κ2) is 9.73. The number of halogens is 1. The summed E-state index contributed by atoms with van der Waals surface area (Å²) in [6.45, 7) is 2.93. The van der Waals surface area contributed by atoms with Crippen molar-refractivity contribution in [1.29, 1.82) is 5.26 Å². The monoisotopic (exact) mass is 480 g/mol. The highest BCUT2D eigenvalue weighted by atomic mass is 79.9. The van der Waals surface area contributed by atoms with Crippen LogP contribution in [0, 0.1) is 11.3 Å². The number of benzene rings is 1. The van der Waals surface area contributed by atoms with E-state index in [4.69, 9.17) is 4.74 Å². The quantitative estimate of drug-likeness (QED) is 0.554. The maximum absolute atomic E-state index is 12.3. The minimum atomic E-state index is 0.0991. The van der Waals surface area contributed by atoms with Crippen LogP contribution in [-0.4, -0.2) is 53.6 Å². The molecular weight excluding hydrogens is 460 g/mol. The maximum Gasteiger partial charge on any atom is 0.224 e. The van der Waals surface area contributed by atoms with Crippen LogP contribution < -0.4 is 10.6 Å². The lowest BCUT2D eigenvalue weighted by atomic mass is 10.1. The number of carbonyl (C=O) groups is 1. The van der Waals surface area contributed by atoms with Crippen LogP contribution in [0.5, 0.6) is 0 Å². The summed E-state index contributed by atoms with van der Waals surface area (Å²) < 4.78 is 6.22. The minimum Gasteiger partial charge on any atom is -0.378 e. The number of fused-ring (bicyclic) bond motifs is 1. The molecule has 9 heteroatoms. The second-order valence-corrected chi connectivity index (χ2v) is 7.97. The van der Waals surface area contributed by atoms with Crippen molar-refractivity contribution in [2.45, 2.75) is 6.42 Å². The number of hydrogen-bond acceptors (Lipinski definition) is 7. The van der Waals surface area contributed by atoms with Gasteiger partial charge in [-0.3, -0.25) is 9.78 Å². The van der Waals surface area contributed by atoms with Gasteiger partial charge >= 0.3 is 0 Å². The number of ether oxygens (including phenoxy) is 1. The predicted octanol–water partition coefficient (Wildman–Crippen LogP) is 3.67. The summed E-state index contributed by atoms with van der Waals surface area (Å²) in [5.41, 5.74) is 2.62. The number of nitrogens with zero attached hydrogens (tertiary/aromatic N) is 4. The van der Waals surface area contributed by atoms with Crippen molar-refractivity contribution in [1.82, 2.24) is 14.9 Å². The standard InChI is InChI=1S/C22H21BrN6O2/c23-16-2-1-3-17(10-16)28-22-15(12-24)13-26-19-14-27-20(11-18(19)22)25-5-4-21(30)29-6-8-31-9-7-29/h1-3,10-11,13-14H,4-9H2,(H,25,27)(H,26,28). The van der Waals surface area contributed by atoms with Crippen molar-refractivity contribution in [2.24, 2.45) is 0 Å². The molecule has 0 radical (unpaired) electrons. The molecule has 31 heavy (non-hydrogen) atoms. The van der Waals surface area contributed by atoms with E-state index in [1.165, 1.54) is 0 Å². The molecule has 1 aliphatic rings. The van der Waals surface area contributed by atoms with E-state index in [1.54, 1.807) is 12.4 Å². The average molecular weight is 481 g/mol. The smallest absolute Gasteiger partial charge is 0.224 e. The summed E-state index contributed by atoms with van der Waals surface area (Å²) in [6.07, 6.45) is 3.58. The third-order valence-corrected chi connectivity index (χ3v) is 5.47. The maximum atomic E-state index is 12.3. The zero-order valence-electron chi connectivity index (χ0n) is 16.8. The molecule has 0 aliphatic carbocycles. The number of hydrogen-bond donors (Lipinski definition) is 2. The number of amides is 1. The first-order valence-electron chi connectivity index (χ1n) is 9.95. The molecule has 1 amide bonds. The molecule has 0 bridgehead atoms. The van der Waals surface area contributed by atoms with Crippen molar-refractivity contribution in [3.8, 4) is 6.07 Å². The lowest BCUT2D eigenvalue weighted by molar-refractivity contribution is -0.134. The molecule has 0 saturated carbocycles. The van der Waals surface area contributed by atoms with Crippen LogP contribution in [0.1, 0.15) is 12.0 Å². The highest BCUT2D eigenvalue weighted by molar-refractivity contribution is 9.10. The van der Waals surface area contributed by atoms with Gasteiger partial charge in [0.1, 0.15) is 11.9 Å². The van der Waals surface area contributed by atoms with Gasteiger partial charge < -0.3 is 20.3 Å². The van der Waals surface area contributed by atoms with E-state index >= 15 is 0 Å². The van der Waals surface area contributed by atoms with Crippen LogP contribution >= 0.6 is 15.9 Å². The predicted molar refractivity (Wildman–Crippen MR) is 122 cm³/mol. The molecule has 0 unspecified atom stereocenters. The number of carbonyl (C=O) groups excluding carboxylic acids is 1. The van der Waals surface area contributed by atoms with E-state index in [-0.39, 0.29) is 5.91 Å². The zero-order chi connectivity index (χ0) is 21.6. The van der Waals surface area contributed by atoms with Gasteiger partial charge in [-0.15, -0.1) is 0 Å². The Labute approximate surface area is 188 Å². The third kappa shape index (κ3) is 5.10. The van der Waals surface area contributed by atoms with E-state index in [0.717, 1.165) is 15.5 Å². The van der Waals surface area contributed by atoms with E-state index in [9.17, 15) is 10.1 Å². The van der Waals surface area contributed by atoms with Gasteiger partial charge in [0.15, 0.2) is 0 Å². The molecule has 1 aromatic carbocycles. The van der Waals surface area contributed by atoms with Crippen LogP contribution in [-0.2, 0) is 9.53 Å². The third-order valence-electron chi connectivity index (χ3n) is 4.98. The van der Waals surface area contributed by atoms with Gasteiger partial charge in [0.2, 0.25) is 5.91 Å². The normalized spacial score (nSPS) is 13.6. The number of aromatic nitrogens is 2. The van der Waals surface area contributed by atoms with Crippen molar-refractivity contribution < 1.29 is 9.53 Å². The molecule has 3 aromatic rings. The lowest BCUT2D eigenvalue weighted by Crippen LogP contribution is -2.41. The van der Waals surface area contributed by atoms with Crippen LogP contribution in [0.25, 0.3) is 10.9 Å².